The Morgan fingerprint density at radius 1 is 1.10 bits per heavy atom. The number of aromatic nitrogens is 4. The van der Waals surface area contributed by atoms with Crippen LogP contribution in [0, 0.1) is 6.92 Å². The van der Waals surface area contributed by atoms with E-state index in [1.807, 2.05) is 37.3 Å². The highest BCUT2D eigenvalue weighted by atomic mass is 16.2. The maximum Gasteiger partial charge on any atom is 0.344 e. The quantitative estimate of drug-likeness (QED) is 0.585. The van der Waals surface area contributed by atoms with Crippen LogP contribution in [0.2, 0.25) is 0 Å². The SMILES string of the molecule is CC[C@@]1(c2ccccc2)NC(=O)N(NC(=O)Cn2nnc(-c3ccccc3C)n2)C1=O. The van der Waals surface area contributed by atoms with E-state index in [9.17, 15) is 14.4 Å². The highest BCUT2D eigenvalue weighted by Gasteiger charge is 2.52. The van der Waals surface area contributed by atoms with Gasteiger partial charge in [0.1, 0.15) is 12.1 Å². The molecule has 2 aromatic carbocycles. The third-order valence-corrected chi connectivity index (χ3v) is 5.25. The monoisotopic (exact) mass is 419 g/mol. The molecule has 0 radical (unpaired) electrons. The molecule has 1 aliphatic rings. The number of hydrogen-bond acceptors (Lipinski definition) is 6. The van der Waals surface area contributed by atoms with Crippen LogP contribution in [0.15, 0.2) is 54.6 Å². The van der Waals surface area contributed by atoms with Crippen LogP contribution in [-0.4, -0.2) is 43.1 Å². The molecule has 1 fully saturated rings. The number of carbonyl (C=O) groups is 3. The Labute approximate surface area is 178 Å². The first-order valence-corrected chi connectivity index (χ1v) is 9.80. The third-order valence-electron chi connectivity index (χ3n) is 5.25. The molecule has 0 unspecified atom stereocenters. The Hall–Kier alpha value is -4.08. The second-order valence-electron chi connectivity index (χ2n) is 7.19. The predicted molar refractivity (Wildman–Crippen MR) is 110 cm³/mol. The Kier molecular flexibility index (Phi) is 5.20. The molecule has 0 aliphatic carbocycles. The van der Waals surface area contributed by atoms with Crippen molar-refractivity contribution in [2.45, 2.75) is 32.4 Å². The average Bonchev–Trinajstić information content (AvgIpc) is 3.33. The van der Waals surface area contributed by atoms with Gasteiger partial charge in [-0.1, -0.05) is 61.5 Å². The minimum atomic E-state index is -1.23. The topological polar surface area (TPSA) is 122 Å². The van der Waals surface area contributed by atoms with Gasteiger partial charge < -0.3 is 5.32 Å². The molecule has 0 spiro atoms. The number of aryl methyl sites for hydroxylation is 1. The summed E-state index contributed by atoms with van der Waals surface area (Å²) in [5.41, 5.74) is 3.55. The number of benzene rings is 2. The number of urea groups is 1. The van der Waals surface area contributed by atoms with Crippen molar-refractivity contribution in [3.05, 3.63) is 65.7 Å². The lowest BCUT2D eigenvalue weighted by molar-refractivity contribution is -0.139. The molecular weight excluding hydrogens is 398 g/mol. The number of nitrogens with zero attached hydrogens (tertiary/aromatic N) is 5. The summed E-state index contributed by atoms with van der Waals surface area (Å²) in [6.45, 7) is 3.41. The van der Waals surface area contributed by atoms with Crippen LogP contribution < -0.4 is 10.7 Å². The Balaban J connectivity index is 1.47. The summed E-state index contributed by atoms with van der Waals surface area (Å²) >= 11 is 0. The van der Waals surface area contributed by atoms with E-state index in [1.54, 1.807) is 31.2 Å². The van der Waals surface area contributed by atoms with Gasteiger partial charge in [0.2, 0.25) is 5.82 Å². The van der Waals surface area contributed by atoms with Crippen LogP contribution in [0.4, 0.5) is 4.79 Å². The van der Waals surface area contributed by atoms with E-state index in [0.717, 1.165) is 15.9 Å². The fourth-order valence-electron chi connectivity index (χ4n) is 3.57. The highest BCUT2D eigenvalue weighted by molar-refractivity contribution is 6.08. The molecule has 3 aromatic rings. The van der Waals surface area contributed by atoms with Crippen molar-refractivity contribution in [3.63, 3.8) is 0 Å². The smallest absolute Gasteiger partial charge is 0.318 e. The van der Waals surface area contributed by atoms with Gasteiger partial charge in [0, 0.05) is 5.56 Å². The lowest BCUT2D eigenvalue weighted by Gasteiger charge is -2.25. The second-order valence-corrected chi connectivity index (χ2v) is 7.19. The fraction of sp³-hybridized carbons (Fsp3) is 0.238. The minimum Gasteiger partial charge on any atom is -0.318 e. The number of amides is 4. The molecule has 10 heteroatoms. The van der Waals surface area contributed by atoms with E-state index in [-0.39, 0.29) is 6.54 Å². The molecule has 2 N–H and O–H groups in total. The van der Waals surface area contributed by atoms with Gasteiger partial charge in [-0.15, -0.1) is 10.2 Å². The average molecular weight is 419 g/mol. The molecule has 4 rings (SSSR count). The van der Waals surface area contributed by atoms with Crippen molar-refractivity contribution >= 4 is 17.8 Å². The Morgan fingerprint density at radius 2 is 1.81 bits per heavy atom. The van der Waals surface area contributed by atoms with Crippen molar-refractivity contribution in [1.82, 2.24) is 36.0 Å². The van der Waals surface area contributed by atoms with E-state index in [2.05, 4.69) is 26.2 Å². The summed E-state index contributed by atoms with van der Waals surface area (Å²) in [7, 11) is 0. The summed E-state index contributed by atoms with van der Waals surface area (Å²) in [6.07, 6.45) is 0.332. The zero-order chi connectivity index (χ0) is 22.0. The standard InChI is InChI=1S/C21H21N7O3/c1-3-21(15-10-5-4-6-11-15)19(30)28(20(31)22-21)24-17(29)13-27-25-18(23-26-27)16-12-8-7-9-14(16)2/h4-12H,3,13H2,1-2H3,(H,22,31)(H,24,29)/t21-/m0/s1. The number of rotatable bonds is 6. The van der Waals surface area contributed by atoms with Crippen LogP contribution in [0.1, 0.15) is 24.5 Å². The molecule has 1 atom stereocenters. The molecule has 1 aromatic heterocycles. The van der Waals surface area contributed by atoms with Crippen molar-refractivity contribution in [2.75, 3.05) is 0 Å². The summed E-state index contributed by atoms with van der Waals surface area (Å²) < 4.78 is 0. The lowest BCUT2D eigenvalue weighted by Crippen LogP contribution is -2.49. The van der Waals surface area contributed by atoms with Crippen LogP contribution in [-0.2, 0) is 21.7 Å². The predicted octanol–water partition coefficient (Wildman–Crippen LogP) is 1.54. The van der Waals surface area contributed by atoms with Gasteiger partial charge in [0.15, 0.2) is 0 Å². The first-order valence-electron chi connectivity index (χ1n) is 9.80. The second kappa shape index (κ2) is 7.98. The number of hydrogen-bond donors (Lipinski definition) is 2. The van der Waals surface area contributed by atoms with Crippen molar-refractivity contribution < 1.29 is 14.4 Å². The zero-order valence-corrected chi connectivity index (χ0v) is 17.1. The maximum absolute atomic E-state index is 13.1. The molecule has 0 saturated carbocycles. The molecule has 0 bridgehead atoms. The summed E-state index contributed by atoms with van der Waals surface area (Å²) in [4.78, 5) is 39.1. The van der Waals surface area contributed by atoms with Crippen LogP contribution in [0.3, 0.4) is 0 Å². The molecule has 31 heavy (non-hydrogen) atoms. The molecule has 1 saturated heterocycles. The fourth-order valence-corrected chi connectivity index (χ4v) is 3.57. The molecule has 2 heterocycles. The largest absolute Gasteiger partial charge is 0.344 e. The van der Waals surface area contributed by atoms with Gasteiger partial charge >= 0.3 is 6.03 Å². The van der Waals surface area contributed by atoms with Gasteiger partial charge in [-0.3, -0.25) is 15.0 Å². The van der Waals surface area contributed by atoms with Crippen molar-refractivity contribution in [2.24, 2.45) is 0 Å². The van der Waals surface area contributed by atoms with Gasteiger partial charge in [0.05, 0.1) is 0 Å². The summed E-state index contributed by atoms with van der Waals surface area (Å²) in [6, 6.07) is 15.8. The first kappa shape index (κ1) is 20.2. The molecule has 1 aliphatic heterocycles. The van der Waals surface area contributed by atoms with Crippen LogP contribution in [0.25, 0.3) is 11.4 Å². The van der Waals surface area contributed by atoms with E-state index in [0.29, 0.717) is 22.8 Å². The number of tetrazole rings is 1. The van der Waals surface area contributed by atoms with Gasteiger partial charge in [0.25, 0.3) is 11.8 Å². The number of hydrazine groups is 1. The van der Waals surface area contributed by atoms with E-state index in [1.165, 1.54) is 0 Å². The van der Waals surface area contributed by atoms with Crippen molar-refractivity contribution in [1.29, 1.82) is 0 Å². The first-order chi connectivity index (χ1) is 14.9. The molecule has 4 amide bonds. The summed E-state index contributed by atoms with van der Waals surface area (Å²) in [5, 5.41) is 15.5. The molecule has 10 nitrogen and oxygen atoms in total. The molecule has 158 valence electrons. The van der Waals surface area contributed by atoms with Gasteiger partial charge in [-0.05, 0) is 29.7 Å². The van der Waals surface area contributed by atoms with Crippen LogP contribution in [0.5, 0.6) is 0 Å². The maximum atomic E-state index is 13.1. The van der Waals surface area contributed by atoms with E-state index >= 15 is 0 Å². The van der Waals surface area contributed by atoms with Gasteiger partial charge in [-0.2, -0.15) is 9.81 Å². The lowest BCUT2D eigenvalue weighted by atomic mass is 9.87. The van der Waals surface area contributed by atoms with Gasteiger partial charge in [-0.25, -0.2) is 4.79 Å². The highest BCUT2D eigenvalue weighted by Crippen LogP contribution is 2.31. The van der Waals surface area contributed by atoms with Crippen molar-refractivity contribution in [3.8, 4) is 11.4 Å². The van der Waals surface area contributed by atoms with E-state index in [4.69, 9.17) is 0 Å². The third kappa shape index (κ3) is 3.63. The number of carbonyl (C=O) groups excluding carboxylic acids is 3. The Bertz CT molecular complexity index is 1140. The van der Waals surface area contributed by atoms with E-state index < -0.39 is 23.4 Å². The number of imide groups is 1. The molecular formula is C21H21N7O3. The zero-order valence-electron chi connectivity index (χ0n) is 17.1. The Morgan fingerprint density at radius 3 is 2.52 bits per heavy atom. The summed E-state index contributed by atoms with van der Waals surface area (Å²) in [5.74, 6) is -0.793. The minimum absolute atomic E-state index is 0.305. The van der Waals surface area contributed by atoms with Crippen LogP contribution >= 0.6 is 0 Å². The normalized spacial score (nSPS) is 18.2. The number of nitrogens with one attached hydrogen (secondary N) is 2.